The third-order valence-corrected chi connectivity index (χ3v) is 4.59. The zero-order valence-corrected chi connectivity index (χ0v) is 14.1. The van der Waals surface area contributed by atoms with Crippen LogP contribution in [-0.4, -0.2) is 24.1 Å². The molecule has 1 aromatic heterocycles. The van der Waals surface area contributed by atoms with Crippen LogP contribution in [0, 0.1) is 0 Å². The smallest absolute Gasteiger partial charge is 0.226 e. The summed E-state index contributed by atoms with van der Waals surface area (Å²) in [6.45, 7) is 3.92. The number of carbonyl (C=O) groups is 1. The van der Waals surface area contributed by atoms with E-state index in [4.69, 9.17) is 15.2 Å². The SMILES string of the molecule is COc1cccc([C@H]2CC(=O)Nc3nc(N)sc32)c1OC(C)C. The molecule has 1 aromatic carbocycles. The minimum Gasteiger partial charge on any atom is -0.493 e. The van der Waals surface area contributed by atoms with E-state index >= 15 is 0 Å². The summed E-state index contributed by atoms with van der Waals surface area (Å²) in [4.78, 5) is 17.2. The van der Waals surface area contributed by atoms with E-state index in [1.54, 1.807) is 7.11 Å². The highest BCUT2D eigenvalue weighted by Gasteiger charge is 2.32. The van der Waals surface area contributed by atoms with Crippen molar-refractivity contribution >= 4 is 28.2 Å². The molecule has 3 rings (SSSR count). The Kier molecular flexibility index (Phi) is 4.12. The van der Waals surface area contributed by atoms with Gasteiger partial charge in [-0.2, -0.15) is 0 Å². The van der Waals surface area contributed by atoms with Gasteiger partial charge in [0.15, 0.2) is 16.6 Å². The van der Waals surface area contributed by atoms with Gasteiger partial charge in [-0.25, -0.2) is 4.98 Å². The molecule has 1 atom stereocenters. The van der Waals surface area contributed by atoms with Gasteiger partial charge in [-0.05, 0) is 19.9 Å². The number of fused-ring (bicyclic) bond motifs is 1. The van der Waals surface area contributed by atoms with Crippen molar-refractivity contribution in [1.82, 2.24) is 4.98 Å². The summed E-state index contributed by atoms with van der Waals surface area (Å²) < 4.78 is 11.4. The Labute approximate surface area is 138 Å². The second-order valence-electron chi connectivity index (χ2n) is 5.62. The number of benzene rings is 1. The molecule has 0 spiro atoms. The number of para-hydroxylation sites is 1. The molecule has 1 aliphatic rings. The molecule has 0 saturated heterocycles. The van der Waals surface area contributed by atoms with Crippen molar-refractivity contribution in [1.29, 1.82) is 0 Å². The van der Waals surface area contributed by atoms with E-state index < -0.39 is 0 Å². The molecular weight excluding hydrogens is 314 g/mol. The molecule has 6 nitrogen and oxygen atoms in total. The zero-order valence-electron chi connectivity index (χ0n) is 13.3. The summed E-state index contributed by atoms with van der Waals surface area (Å²) in [7, 11) is 1.61. The van der Waals surface area contributed by atoms with Crippen LogP contribution in [0.15, 0.2) is 18.2 Å². The summed E-state index contributed by atoms with van der Waals surface area (Å²) in [6, 6.07) is 5.72. The van der Waals surface area contributed by atoms with Crippen molar-refractivity contribution in [2.45, 2.75) is 32.3 Å². The van der Waals surface area contributed by atoms with Crippen LogP contribution in [0.1, 0.15) is 36.6 Å². The molecule has 0 fully saturated rings. The average Bonchev–Trinajstić information content (AvgIpc) is 2.86. The van der Waals surface area contributed by atoms with Gasteiger partial charge in [0, 0.05) is 17.9 Å². The zero-order chi connectivity index (χ0) is 16.6. The first-order chi connectivity index (χ1) is 11.0. The number of methoxy groups -OCH3 is 1. The summed E-state index contributed by atoms with van der Waals surface area (Å²) >= 11 is 1.39. The monoisotopic (exact) mass is 333 g/mol. The van der Waals surface area contributed by atoms with Crippen molar-refractivity contribution in [3.63, 3.8) is 0 Å². The molecular formula is C16H19N3O3S. The van der Waals surface area contributed by atoms with Crippen LogP contribution in [0.3, 0.4) is 0 Å². The number of hydrogen-bond donors (Lipinski definition) is 2. The minimum absolute atomic E-state index is 0.00605. The normalized spacial score (nSPS) is 16.9. The Morgan fingerprint density at radius 2 is 2.22 bits per heavy atom. The van der Waals surface area contributed by atoms with E-state index in [1.807, 2.05) is 32.0 Å². The van der Waals surface area contributed by atoms with E-state index in [1.165, 1.54) is 11.3 Å². The number of nitrogen functional groups attached to an aromatic ring is 1. The van der Waals surface area contributed by atoms with Gasteiger partial charge in [0.05, 0.1) is 18.1 Å². The number of thiazole rings is 1. The maximum atomic E-state index is 12.0. The quantitative estimate of drug-likeness (QED) is 0.898. The first-order valence-corrected chi connectivity index (χ1v) is 8.20. The van der Waals surface area contributed by atoms with Crippen LogP contribution in [0.5, 0.6) is 11.5 Å². The minimum atomic E-state index is -0.141. The van der Waals surface area contributed by atoms with E-state index in [-0.39, 0.29) is 17.9 Å². The van der Waals surface area contributed by atoms with Gasteiger partial charge in [-0.15, -0.1) is 0 Å². The molecule has 1 aliphatic heterocycles. The molecule has 23 heavy (non-hydrogen) atoms. The molecule has 2 heterocycles. The van der Waals surface area contributed by atoms with Crippen LogP contribution < -0.4 is 20.5 Å². The van der Waals surface area contributed by atoms with Crippen LogP contribution >= 0.6 is 11.3 Å². The van der Waals surface area contributed by atoms with Crippen molar-refractivity contribution in [3.8, 4) is 11.5 Å². The molecule has 7 heteroatoms. The number of nitrogens with two attached hydrogens (primary N) is 1. The Morgan fingerprint density at radius 1 is 1.43 bits per heavy atom. The van der Waals surface area contributed by atoms with Crippen LogP contribution in [-0.2, 0) is 4.79 Å². The third kappa shape index (κ3) is 2.96. The number of nitrogens with zero attached hydrogens (tertiary/aromatic N) is 1. The van der Waals surface area contributed by atoms with Gasteiger partial charge < -0.3 is 20.5 Å². The van der Waals surface area contributed by atoms with Crippen molar-refractivity contribution in [3.05, 3.63) is 28.6 Å². The summed E-state index contributed by atoms with van der Waals surface area (Å²) in [5, 5.41) is 3.22. The first-order valence-electron chi connectivity index (χ1n) is 7.39. The highest BCUT2D eigenvalue weighted by molar-refractivity contribution is 7.16. The highest BCUT2D eigenvalue weighted by atomic mass is 32.1. The Hall–Kier alpha value is -2.28. The topological polar surface area (TPSA) is 86.5 Å². The van der Waals surface area contributed by atoms with Crippen LogP contribution in [0.2, 0.25) is 0 Å². The van der Waals surface area contributed by atoms with Crippen molar-refractivity contribution < 1.29 is 14.3 Å². The summed E-state index contributed by atoms with van der Waals surface area (Å²) in [5.74, 6) is 1.65. The van der Waals surface area contributed by atoms with Gasteiger partial charge in [0.1, 0.15) is 5.82 Å². The highest BCUT2D eigenvalue weighted by Crippen LogP contribution is 2.46. The Balaban J connectivity index is 2.13. The standard InChI is InChI=1S/C16H19N3O3S/c1-8(2)22-13-9(5-4-6-11(13)21-3)10-7-12(20)18-15-14(10)23-16(17)19-15/h4-6,8,10H,7H2,1-3H3,(H2,17,19)(H,18,20)/t10-/m1/s1. The largest absolute Gasteiger partial charge is 0.493 e. The van der Waals surface area contributed by atoms with Gasteiger partial charge >= 0.3 is 0 Å². The summed E-state index contributed by atoms with van der Waals surface area (Å²) in [5.41, 5.74) is 6.73. The predicted octanol–water partition coefficient (Wildman–Crippen LogP) is 3.00. The fourth-order valence-electron chi connectivity index (χ4n) is 2.72. The van der Waals surface area contributed by atoms with E-state index in [2.05, 4.69) is 10.3 Å². The molecule has 0 saturated carbocycles. The number of anilines is 2. The maximum Gasteiger partial charge on any atom is 0.226 e. The van der Waals surface area contributed by atoms with Crippen molar-refractivity contribution in [2.24, 2.45) is 0 Å². The summed E-state index contributed by atoms with van der Waals surface area (Å²) in [6.07, 6.45) is 0.324. The number of carbonyl (C=O) groups excluding carboxylic acids is 1. The molecule has 1 amide bonds. The maximum absolute atomic E-state index is 12.0. The predicted molar refractivity (Wildman–Crippen MR) is 90.4 cm³/mol. The second kappa shape index (κ2) is 6.08. The molecule has 0 radical (unpaired) electrons. The third-order valence-electron chi connectivity index (χ3n) is 3.59. The van der Waals surface area contributed by atoms with Crippen molar-refractivity contribution in [2.75, 3.05) is 18.2 Å². The lowest BCUT2D eigenvalue weighted by atomic mass is 9.90. The molecule has 0 unspecified atom stereocenters. The Morgan fingerprint density at radius 3 is 2.91 bits per heavy atom. The average molecular weight is 333 g/mol. The molecule has 3 N–H and O–H groups in total. The fraction of sp³-hybridized carbons (Fsp3) is 0.375. The van der Waals surface area contributed by atoms with Gasteiger partial charge in [0.25, 0.3) is 0 Å². The van der Waals surface area contributed by atoms with Crippen LogP contribution in [0.25, 0.3) is 0 Å². The number of hydrogen-bond acceptors (Lipinski definition) is 6. The van der Waals surface area contributed by atoms with Gasteiger partial charge in [0.2, 0.25) is 5.91 Å². The van der Waals surface area contributed by atoms with E-state index in [0.717, 1.165) is 10.4 Å². The number of amides is 1. The van der Waals surface area contributed by atoms with Crippen LogP contribution in [0.4, 0.5) is 10.9 Å². The fourth-order valence-corrected chi connectivity index (χ4v) is 3.63. The molecule has 0 bridgehead atoms. The molecule has 0 aliphatic carbocycles. The first kappa shape index (κ1) is 15.6. The lowest BCUT2D eigenvalue weighted by molar-refractivity contribution is -0.116. The number of ether oxygens (including phenoxy) is 2. The number of rotatable bonds is 4. The lowest BCUT2D eigenvalue weighted by Crippen LogP contribution is -2.23. The molecule has 2 aromatic rings. The number of nitrogens with one attached hydrogen (secondary N) is 1. The van der Waals surface area contributed by atoms with E-state index in [9.17, 15) is 4.79 Å². The Bertz CT molecular complexity index is 742. The molecule has 122 valence electrons. The second-order valence-corrected chi connectivity index (χ2v) is 6.68. The number of aromatic nitrogens is 1. The van der Waals surface area contributed by atoms with Gasteiger partial charge in [-0.1, -0.05) is 23.5 Å². The lowest BCUT2D eigenvalue weighted by Gasteiger charge is -2.25. The van der Waals surface area contributed by atoms with Gasteiger partial charge in [-0.3, -0.25) is 4.79 Å². The van der Waals surface area contributed by atoms with E-state index in [0.29, 0.717) is 28.9 Å².